The number of likely N-dealkylation sites (N-methyl/N-ethyl adjacent to an activating group) is 1. The van der Waals surface area contributed by atoms with E-state index in [4.69, 9.17) is 0 Å². The van der Waals surface area contributed by atoms with Crippen LogP contribution in [0.3, 0.4) is 0 Å². The van der Waals surface area contributed by atoms with E-state index in [-0.39, 0.29) is 16.6 Å². The first-order chi connectivity index (χ1) is 12.3. The number of hydrogen-bond acceptors (Lipinski definition) is 7. The third-order valence-electron chi connectivity index (χ3n) is 4.81. The van der Waals surface area contributed by atoms with Gasteiger partial charge in [-0.25, -0.2) is 13.1 Å². The molecule has 1 aliphatic rings. The van der Waals surface area contributed by atoms with Crippen molar-refractivity contribution in [3.63, 3.8) is 0 Å². The van der Waals surface area contributed by atoms with Crippen molar-refractivity contribution in [3.05, 3.63) is 28.3 Å². The highest BCUT2D eigenvalue weighted by molar-refractivity contribution is 7.89. The summed E-state index contributed by atoms with van der Waals surface area (Å²) in [7, 11) is -2.45. The van der Waals surface area contributed by atoms with Gasteiger partial charge < -0.3 is 10.2 Å². The molecule has 0 unspecified atom stereocenters. The summed E-state index contributed by atoms with van der Waals surface area (Å²) in [6.07, 6.45) is 0. The van der Waals surface area contributed by atoms with E-state index in [0.717, 1.165) is 38.8 Å². The monoisotopic (exact) mass is 385 g/mol. The average Bonchev–Trinajstić information content (AvgIpc) is 2.65. The fraction of sp³-hybridized carbons (Fsp3) is 0.625. The summed E-state index contributed by atoms with van der Waals surface area (Å²) in [6, 6.07) is 4.11. The van der Waals surface area contributed by atoms with Crippen LogP contribution >= 0.6 is 0 Å². The van der Waals surface area contributed by atoms with E-state index >= 15 is 0 Å². The first kappa shape index (κ1) is 20.6. The van der Waals surface area contributed by atoms with Gasteiger partial charge in [-0.15, -0.1) is 0 Å². The number of piperazine rings is 1. The second-order valence-corrected chi connectivity index (χ2v) is 8.23. The van der Waals surface area contributed by atoms with Crippen LogP contribution in [0.4, 0.5) is 11.4 Å². The van der Waals surface area contributed by atoms with Gasteiger partial charge in [0.1, 0.15) is 5.69 Å². The van der Waals surface area contributed by atoms with Crippen LogP contribution in [0.1, 0.15) is 13.8 Å². The van der Waals surface area contributed by atoms with E-state index < -0.39 is 14.9 Å². The molecule has 0 amide bonds. The number of benzene rings is 1. The molecule has 1 heterocycles. The number of rotatable bonds is 8. The molecule has 2 rings (SSSR count). The normalized spacial score (nSPS) is 17.8. The molecule has 2 N–H and O–H groups in total. The van der Waals surface area contributed by atoms with Crippen LogP contribution < -0.4 is 10.0 Å². The van der Waals surface area contributed by atoms with Crippen LogP contribution in [-0.2, 0) is 10.0 Å². The zero-order valence-electron chi connectivity index (χ0n) is 15.4. The fourth-order valence-electron chi connectivity index (χ4n) is 3.00. The van der Waals surface area contributed by atoms with Gasteiger partial charge in [0, 0.05) is 44.8 Å². The van der Waals surface area contributed by atoms with Gasteiger partial charge in [-0.05, 0) is 32.6 Å². The number of nitro groups is 1. The molecule has 1 aliphatic heterocycles. The van der Waals surface area contributed by atoms with Crippen LogP contribution in [-0.4, -0.2) is 75.5 Å². The molecule has 1 atom stereocenters. The Kier molecular flexibility index (Phi) is 6.93. The van der Waals surface area contributed by atoms with Crippen LogP contribution in [0.25, 0.3) is 0 Å². The number of sulfonamides is 1. The Balaban J connectivity index is 2.06. The van der Waals surface area contributed by atoms with E-state index in [1.165, 1.54) is 19.2 Å². The zero-order chi connectivity index (χ0) is 19.3. The summed E-state index contributed by atoms with van der Waals surface area (Å²) in [6.45, 7) is 9.82. The van der Waals surface area contributed by atoms with Gasteiger partial charge in [-0.2, -0.15) is 0 Å². The van der Waals surface area contributed by atoms with E-state index in [1.807, 2.05) is 0 Å². The van der Waals surface area contributed by atoms with Gasteiger partial charge in [0.15, 0.2) is 0 Å². The first-order valence-electron chi connectivity index (χ1n) is 8.70. The van der Waals surface area contributed by atoms with E-state index in [1.54, 1.807) is 0 Å². The lowest BCUT2D eigenvalue weighted by Gasteiger charge is -2.37. The Morgan fingerprint density at radius 1 is 1.27 bits per heavy atom. The van der Waals surface area contributed by atoms with Gasteiger partial charge >= 0.3 is 0 Å². The van der Waals surface area contributed by atoms with Crippen molar-refractivity contribution in [1.29, 1.82) is 0 Å². The molecular formula is C16H27N5O4S. The molecule has 9 nitrogen and oxygen atoms in total. The standard InChI is InChI=1S/C16H27N5O4S/c1-4-19-7-9-20(10-8-19)13(2)12-18-15-6-5-14(26(24,25)17-3)11-16(15)21(22)23/h5-6,11,13,17-18H,4,7-10,12H2,1-3H3/t13-/m1/s1. The first-order valence-corrected chi connectivity index (χ1v) is 10.2. The number of anilines is 1. The minimum Gasteiger partial charge on any atom is -0.378 e. The quantitative estimate of drug-likeness (QED) is 0.506. The lowest BCUT2D eigenvalue weighted by molar-refractivity contribution is -0.384. The van der Waals surface area contributed by atoms with Crippen molar-refractivity contribution >= 4 is 21.4 Å². The number of hydrogen-bond donors (Lipinski definition) is 2. The third kappa shape index (κ3) is 4.91. The maximum absolute atomic E-state index is 11.8. The largest absolute Gasteiger partial charge is 0.378 e. The van der Waals surface area contributed by atoms with Gasteiger partial charge in [-0.1, -0.05) is 6.92 Å². The Morgan fingerprint density at radius 2 is 1.92 bits per heavy atom. The maximum Gasteiger partial charge on any atom is 0.293 e. The molecule has 0 aliphatic carbocycles. The van der Waals surface area contributed by atoms with Gasteiger partial charge in [0.2, 0.25) is 10.0 Å². The predicted molar refractivity (Wildman–Crippen MR) is 101 cm³/mol. The zero-order valence-corrected chi connectivity index (χ0v) is 16.3. The molecule has 0 saturated carbocycles. The third-order valence-corrected chi connectivity index (χ3v) is 6.22. The highest BCUT2D eigenvalue weighted by atomic mass is 32.2. The van der Waals surface area contributed by atoms with E-state index in [0.29, 0.717) is 12.2 Å². The Hall–Kier alpha value is -1.75. The summed E-state index contributed by atoms with van der Waals surface area (Å²) < 4.78 is 25.9. The molecular weight excluding hydrogens is 358 g/mol. The highest BCUT2D eigenvalue weighted by Crippen LogP contribution is 2.27. The van der Waals surface area contributed by atoms with Crippen LogP contribution in [0.2, 0.25) is 0 Å². The number of nitrogens with zero attached hydrogens (tertiary/aromatic N) is 3. The topological polar surface area (TPSA) is 108 Å². The summed E-state index contributed by atoms with van der Waals surface area (Å²) in [5.41, 5.74) is 0.0772. The molecule has 146 valence electrons. The average molecular weight is 385 g/mol. The molecule has 1 saturated heterocycles. The van der Waals surface area contributed by atoms with Crippen LogP contribution in [0.5, 0.6) is 0 Å². The molecule has 10 heteroatoms. The summed E-state index contributed by atoms with van der Waals surface area (Å²) in [5.74, 6) is 0. The number of nitrogens with one attached hydrogen (secondary N) is 2. The highest BCUT2D eigenvalue weighted by Gasteiger charge is 2.23. The summed E-state index contributed by atoms with van der Waals surface area (Å²) in [5, 5.41) is 14.4. The molecule has 0 bridgehead atoms. The van der Waals surface area contributed by atoms with Crippen LogP contribution in [0.15, 0.2) is 23.1 Å². The van der Waals surface area contributed by atoms with Crippen molar-refractivity contribution in [2.45, 2.75) is 24.8 Å². The van der Waals surface area contributed by atoms with E-state index in [2.05, 4.69) is 33.7 Å². The molecule has 0 aromatic heterocycles. The Labute approximate surface area is 154 Å². The molecule has 26 heavy (non-hydrogen) atoms. The van der Waals surface area contributed by atoms with Gasteiger partial charge in [0.25, 0.3) is 5.69 Å². The van der Waals surface area contributed by atoms with Crippen molar-refractivity contribution < 1.29 is 13.3 Å². The molecule has 0 radical (unpaired) electrons. The minimum atomic E-state index is -3.72. The summed E-state index contributed by atoms with van der Waals surface area (Å²) in [4.78, 5) is 15.4. The molecule has 1 aromatic carbocycles. The van der Waals surface area contributed by atoms with Crippen molar-refractivity contribution in [3.8, 4) is 0 Å². The van der Waals surface area contributed by atoms with Crippen molar-refractivity contribution in [2.24, 2.45) is 0 Å². The fourth-order valence-corrected chi connectivity index (χ4v) is 3.75. The van der Waals surface area contributed by atoms with Gasteiger partial charge in [-0.3, -0.25) is 15.0 Å². The number of nitro benzene ring substituents is 1. The second kappa shape index (κ2) is 8.76. The van der Waals surface area contributed by atoms with Crippen molar-refractivity contribution in [2.75, 3.05) is 51.6 Å². The SMILES string of the molecule is CCN1CCN([C@H](C)CNc2ccc(S(=O)(=O)NC)cc2[N+](=O)[O-])CC1. The van der Waals surface area contributed by atoms with Crippen molar-refractivity contribution in [1.82, 2.24) is 14.5 Å². The Bertz CT molecular complexity index is 732. The predicted octanol–water partition coefficient (Wildman–Crippen LogP) is 0.941. The summed E-state index contributed by atoms with van der Waals surface area (Å²) >= 11 is 0. The smallest absolute Gasteiger partial charge is 0.293 e. The molecule has 1 fully saturated rings. The second-order valence-electron chi connectivity index (χ2n) is 6.34. The minimum absolute atomic E-state index is 0.124. The van der Waals surface area contributed by atoms with Gasteiger partial charge in [0.05, 0.1) is 9.82 Å². The van der Waals surface area contributed by atoms with E-state index in [9.17, 15) is 18.5 Å². The Morgan fingerprint density at radius 3 is 2.46 bits per heavy atom. The lowest BCUT2D eigenvalue weighted by Crippen LogP contribution is -2.51. The molecule has 1 aromatic rings. The molecule has 0 spiro atoms. The maximum atomic E-state index is 11.8. The van der Waals surface area contributed by atoms with Crippen LogP contribution in [0, 0.1) is 10.1 Å². The lowest BCUT2D eigenvalue weighted by atomic mass is 10.2.